The van der Waals surface area contributed by atoms with Gasteiger partial charge in [0.1, 0.15) is 11.5 Å². The molecule has 0 heterocycles. The van der Waals surface area contributed by atoms with Crippen molar-refractivity contribution in [2.75, 3.05) is 40.2 Å². The Hall–Kier alpha value is -2.58. The summed E-state index contributed by atoms with van der Waals surface area (Å²) in [5, 5.41) is 2.82. The number of rotatable bonds is 10. The molecule has 2 aromatic rings. The van der Waals surface area contributed by atoms with E-state index < -0.39 is 9.84 Å². The predicted octanol–water partition coefficient (Wildman–Crippen LogP) is 2.10. The maximum Gasteiger partial charge on any atom is 0.251 e. The summed E-state index contributed by atoms with van der Waals surface area (Å²) in [6.07, 6.45) is 0.565. The van der Waals surface area contributed by atoms with Crippen LogP contribution in [0.25, 0.3) is 0 Å². The average Bonchev–Trinajstić information content (AvgIpc) is 2.72. The van der Waals surface area contributed by atoms with Gasteiger partial charge in [0.2, 0.25) is 0 Å². The highest BCUT2D eigenvalue weighted by atomic mass is 32.2. The number of carbonyl (C=O) groups excluding carboxylic acids is 1. The molecule has 28 heavy (non-hydrogen) atoms. The van der Waals surface area contributed by atoms with Gasteiger partial charge in [-0.25, -0.2) is 8.42 Å². The number of nitrogens with one attached hydrogen (secondary N) is 1. The van der Waals surface area contributed by atoms with E-state index in [9.17, 15) is 13.2 Å². The van der Waals surface area contributed by atoms with Gasteiger partial charge in [-0.3, -0.25) is 4.79 Å². The van der Waals surface area contributed by atoms with Crippen LogP contribution in [0.5, 0.6) is 11.5 Å². The second-order valence-electron chi connectivity index (χ2n) is 6.02. The van der Waals surface area contributed by atoms with Crippen LogP contribution in [0.3, 0.4) is 0 Å². The van der Waals surface area contributed by atoms with E-state index in [1.807, 2.05) is 18.2 Å². The number of hydrogen-bond acceptors (Lipinski definition) is 6. The molecule has 0 aliphatic rings. The lowest BCUT2D eigenvalue weighted by atomic mass is 10.1. The van der Waals surface area contributed by atoms with Gasteiger partial charge in [-0.15, -0.1) is 0 Å². The molecule has 1 amide bonds. The van der Waals surface area contributed by atoms with Gasteiger partial charge in [0.25, 0.3) is 5.91 Å². The first kappa shape index (κ1) is 21.7. The minimum atomic E-state index is -3.41. The summed E-state index contributed by atoms with van der Waals surface area (Å²) < 4.78 is 39.6. The fourth-order valence-electron chi connectivity index (χ4n) is 2.61. The van der Waals surface area contributed by atoms with Crippen molar-refractivity contribution in [3.05, 3.63) is 53.6 Å². The number of ether oxygens (including phenoxy) is 3. The molecule has 0 saturated carbocycles. The molecular formula is C20H25NO6S. The second kappa shape index (κ2) is 10.1. The minimum Gasteiger partial charge on any atom is -0.497 e. The molecule has 0 spiro atoms. The molecule has 0 radical (unpaired) electrons. The molecule has 7 nitrogen and oxygen atoms in total. The van der Waals surface area contributed by atoms with Crippen molar-refractivity contribution in [1.82, 2.24) is 5.32 Å². The maximum atomic E-state index is 12.3. The minimum absolute atomic E-state index is 0.0998. The molecule has 0 saturated heterocycles. The summed E-state index contributed by atoms with van der Waals surface area (Å²) >= 11 is 0. The summed E-state index contributed by atoms with van der Waals surface area (Å²) in [6, 6.07) is 11.4. The van der Waals surface area contributed by atoms with Gasteiger partial charge in [0, 0.05) is 19.2 Å². The molecule has 2 rings (SSSR count). The Morgan fingerprint density at radius 1 is 1.00 bits per heavy atom. The first-order valence-electron chi connectivity index (χ1n) is 8.72. The number of methoxy groups -OCH3 is 3. The molecule has 1 N–H and O–H groups in total. The van der Waals surface area contributed by atoms with Crippen molar-refractivity contribution in [3.8, 4) is 11.5 Å². The zero-order chi connectivity index (χ0) is 20.6. The zero-order valence-corrected chi connectivity index (χ0v) is 17.0. The van der Waals surface area contributed by atoms with Crippen molar-refractivity contribution in [3.63, 3.8) is 0 Å². The van der Waals surface area contributed by atoms with Gasteiger partial charge in [0.05, 0.1) is 31.5 Å². The van der Waals surface area contributed by atoms with E-state index >= 15 is 0 Å². The van der Waals surface area contributed by atoms with Gasteiger partial charge in [-0.2, -0.15) is 0 Å². The monoisotopic (exact) mass is 407 g/mol. The Labute approximate surface area is 165 Å². The van der Waals surface area contributed by atoms with Crippen LogP contribution in [-0.2, 0) is 21.0 Å². The standard InChI is InChI=1S/C20H25NO6S/c1-25-12-13-28(23,24)18-7-4-15(5-8-18)20(22)21-11-10-16-14-17(26-2)6-9-19(16)27-3/h4-9,14H,10-13H2,1-3H3,(H,21,22). The van der Waals surface area contributed by atoms with E-state index in [0.29, 0.717) is 24.3 Å². The molecular weight excluding hydrogens is 382 g/mol. The van der Waals surface area contributed by atoms with Crippen molar-refractivity contribution < 1.29 is 27.4 Å². The van der Waals surface area contributed by atoms with Crippen LogP contribution in [0.1, 0.15) is 15.9 Å². The summed E-state index contributed by atoms with van der Waals surface area (Å²) in [4.78, 5) is 12.5. The highest BCUT2D eigenvalue weighted by molar-refractivity contribution is 7.91. The van der Waals surface area contributed by atoms with E-state index in [1.54, 1.807) is 14.2 Å². The Morgan fingerprint density at radius 2 is 1.71 bits per heavy atom. The van der Waals surface area contributed by atoms with Crippen LogP contribution in [-0.4, -0.2) is 54.6 Å². The van der Waals surface area contributed by atoms with E-state index in [4.69, 9.17) is 14.2 Å². The third kappa shape index (κ3) is 5.71. The van der Waals surface area contributed by atoms with E-state index in [0.717, 1.165) is 11.3 Å². The number of carbonyl (C=O) groups is 1. The number of amides is 1. The van der Waals surface area contributed by atoms with Gasteiger partial charge >= 0.3 is 0 Å². The molecule has 152 valence electrons. The summed E-state index contributed by atoms with van der Waals surface area (Å²) in [6.45, 7) is 0.522. The molecule has 0 aromatic heterocycles. The lowest BCUT2D eigenvalue weighted by molar-refractivity contribution is 0.0954. The third-order valence-electron chi connectivity index (χ3n) is 4.20. The molecule has 0 unspecified atom stereocenters. The highest BCUT2D eigenvalue weighted by Crippen LogP contribution is 2.24. The quantitative estimate of drug-likeness (QED) is 0.649. The lowest BCUT2D eigenvalue weighted by Crippen LogP contribution is -2.25. The summed E-state index contributed by atoms with van der Waals surface area (Å²) in [5.41, 5.74) is 1.31. The van der Waals surface area contributed by atoms with Crippen LogP contribution in [0, 0.1) is 0 Å². The molecule has 2 aromatic carbocycles. The highest BCUT2D eigenvalue weighted by Gasteiger charge is 2.15. The van der Waals surface area contributed by atoms with Crippen molar-refractivity contribution in [2.24, 2.45) is 0 Å². The Kier molecular flexibility index (Phi) is 7.83. The Bertz CT molecular complexity index is 893. The maximum absolute atomic E-state index is 12.3. The molecule has 0 fully saturated rings. The average molecular weight is 407 g/mol. The Morgan fingerprint density at radius 3 is 2.32 bits per heavy atom. The number of benzene rings is 2. The van der Waals surface area contributed by atoms with Gasteiger partial charge < -0.3 is 19.5 Å². The van der Waals surface area contributed by atoms with E-state index in [-0.39, 0.29) is 23.2 Å². The third-order valence-corrected chi connectivity index (χ3v) is 5.89. The lowest BCUT2D eigenvalue weighted by Gasteiger charge is -2.11. The molecule has 0 aliphatic carbocycles. The van der Waals surface area contributed by atoms with Crippen LogP contribution in [0.4, 0.5) is 0 Å². The zero-order valence-electron chi connectivity index (χ0n) is 16.2. The largest absolute Gasteiger partial charge is 0.497 e. The van der Waals surface area contributed by atoms with Crippen LogP contribution >= 0.6 is 0 Å². The fraction of sp³-hybridized carbons (Fsp3) is 0.350. The van der Waals surface area contributed by atoms with E-state index in [2.05, 4.69) is 5.32 Å². The summed E-state index contributed by atoms with van der Waals surface area (Å²) in [7, 11) is 1.21. The molecule has 0 aliphatic heterocycles. The van der Waals surface area contributed by atoms with Gasteiger partial charge in [-0.05, 0) is 54.4 Å². The second-order valence-corrected chi connectivity index (χ2v) is 8.13. The number of hydrogen-bond donors (Lipinski definition) is 1. The van der Waals surface area contributed by atoms with Crippen LogP contribution in [0.15, 0.2) is 47.4 Å². The summed E-state index contributed by atoms with van der Waals surface area (Å²) in [5.74, 6) is 1.06. The normalized spacial score (nSPS) is 11.1. The van der Waals surface area contributed by atoms with E-state index in [1.165, 1.54) is 31.4 Å². The van der Waals surface area contributed by atoms with Crippen LogP contribution < -0.4 is 14.8 Å². The molecule has 0 bridgehead atoms. The predicted molar refractivity (Wildman–Crippen MR) is 106 cm³/mol. The SMILES string of the molecule is COCCS(=O)(=O)c1ccc(C(=O)NCCc2cc(OC)ccc2OC)cc1. The van der Waals surface area contributed by atoms with Crippen molar-refractivity contribution in [1.29, 1.82) is 0 Å². The fourth-order valence-corrected chi connectivity index (χ4v) is 3.79. The Balaban J connectivity index is 1.97. The van der Waals surface area contributed by atoms with Crippen molar-refractivity contribution >= 4 is 15.7 Å². The first-order chi connectivity index (χ1) is 13.4. The van der Waals surface area contributed by atoms with Crippen molar-refractivity contribution in [2.45, 2.75) is 11.3 Å². The van der Waals surface area contributed by atoms with Crippen LogP contribution in [0.2, 0.25) is 0 Å². The number of sulfone groups is 1. The molecule has 0 atom stereocenters. The van der Waals surface area contributed by atoms with Gasteiger partial charge in [0.15, 0.2) is 9.84 Å². The van der Waals surface area contributed by atoms with Gasteiger partial charge in [-0.1, -0.05) is 0 Å². The first-order valence-corrected chi connectivity index (χ1v) is 10.4. The molecule has 8 heteroatoms. The topological polar surface area (TPSA) is 90.9 Å². The smallest absolute Gasteiger partial charge is 0.251 e.